The van der Waals surface area contributed by atoms with Gasteiger partial charge in [-0.2, -0.15) is 0 Å². The van der Waals surface area contributed by atoms with E-state index in [2.05, 4.69) is 10.6 Å². The summed E-state index contributed by atoms with van der Waals surface area (Å²) in [4.78, 5) is 24.2. The van der Waals surface area contributed by atoms with E-state index in [-0.39, 0.29) is 18.2 Å². The van der Waals surface area contributed by atoms with Gasteiger partial charge in [0.2, 0.25) is 11.8 Å². The Morgan fingerprint density at radius 3 is 2.72 bits per heavy atom. The van der Waals surface area contributed by atoms with Gasteiger partial charge in [-0.1, -0.05) is 30.3 Å². The van der Waals surface area contributed by atoms with Gasteiger partial charge in [0.25, 0.3) is 0 Å². The summed E-state index contributed by atoms with van der Waals surface area (Å²) >= 11 is 0. The predicted octanol–water partition coefficient (Wildman–Crippen LogP) is 2.78. The summed E-state index contributed by atoms with van der Waals surface area (Å²) in [6, 6.07) is 13.3. The Labute approximate surface area is 147 Å². The van der Waals surface area contributed by atoms with Gasteiger partial charge < -0.3 is 15.4 Å². The summed E-state index contributed by atoms with van der Waals surface area (Å²) in [7, 11) is 1.60. The van der Waals surface area contributed by atoms with E-state index in [9.17, 15) is 9.59 Å². The molecule has 0 aromatic heterocycles. The maximum absolute atomic E-state index is 12.2. The van der Waals surface area contributed by atoms with E-state index in [1.165, 1.54) is 0 Å². The lowest BCUT2D eigenvalue weighted by Crippen LogP contribution is -2.27. The average molecular weight is 338 g/mol. The molecule has 5 nitrogen and oxygen atoms in total. The molecule has 25 heavy (non-hydrogen) atoms. The van der Waals surface area contributed by atoms with Crippen molar-refractivity contribution in [2.45, 2.75) is 32.2 Å². The molecule has 0 unspecified atom stereocenters. The average Bonchev–Trinajstić information content (AvgIpc) is 2.83. The standard InChI is InChI=1S/C20H22N2O3/c1-20(2)15-10-13(8-9-16(15)22-19(20)24)12-21-18(23)11-14-6-4-5-7-17(14)25-3/h4-10H,11-12H2,1-3H3,(H,21,23)(H,22,24). The SMILES string of the molecule is COc1ccccc1CC(=O)NCc1ccc2c(c1)C(C)(C)C(=O)N2. The summed E-state index contributed by atoms with van der Waals surface area (Å²) in [5.74, 6) is 0.639. The van der Waals surface area contributed by atoms with E-state index in [4.69, 9.17) is 4.74 Å². The molecule has 3 rings (SSSR count). The first-order valence-corrected chi connectivity index (χ1v) is 8.25. The first-order chi connectivity index (χ1) is 11.9. The fourth-order valence-corrected chi connectivity index (χ4v) is 3.01. The molecule has 0 fully saturated rings. The molecule has 2 amide bonds. The van der Waals surface area contributed by atoms with Gasteiger partial charge in [0, 0.05) is 17.8 Å². The first kappa shape index (κ1) is 17.0. The molecule has 0 aliphatic carbocycles. The molecule has 1 heterocycles. The van der Waals surface area contributed by atoms with Gasteiger partial charge in [0.15, 0.2) is 0 Å². The molecule has 1 aliphatic rings. The van der Waals surface area contributed by atoms with Crippen LogP contribution in [0.5, 0.6) is 5.75 Å². The van der Waals surface area contributed by atoms with Gasteiger partial charge in [0.1, 0.15) is 5.75 Å². The zero-order valence-electron chi connectivity index (χ0n) is 14.7. The number of rotatable bonds is 5. The van der Waals surface area contributed by atoms with Crippen molar-refractivity contribution in [3.63, 3.8) is 0 Å². The first-order valence-electron chi connectivity index (χ1n) is 8.25. The number of anilines is 1. The molecule has 0 atom stereocenters. The lowest BCUT2D eigenvalue weighted by atomic mass is 9.85. The van der Waals surface area contributed by atoms with Crippen molar-refractivity contribution in [3.05, 3.63) is 59.2 Å². The Balaban J connectivity index is 1.66. The largest absolute Gasteiger partial charge is 0.496 e. The van der Waals surface area contributed by atoms with Crippen LogP contribution >= 0.6 is 0 Å². The molecule has 0 spiro atoms. The highest BCUT2D eigenvalue weighted by Gasteiger charge is 2.38. The third kappa shape index (κ3) is 3.36. The predicted molar refractivity (Wildman–Crippen MR) is 96.6 cm³/mol. The molecule has 5 heteroatoms. The van der Waals surface area contributed by atoms with Crippen LogP contribution in [0.3, 0.4) is 0 Å². The number of amides is 2. The number of fused-ring (bicyclic) bond motifs is 1. The van der Waals surface area contributed by atoms with E-state index in [0.717, 1.165) is 22.4 Å². The van der Waals surface area contributed by atoms with Gasteiger partial charge in [-0.15, -0.1) is 0 Å². The van der Waals surface area contributed by atoms with Crippen LogP contribution < -0.4 is 15.4 Å². The summed E-state index contributed by atoms with van der Waals surface area (Å²) in [5, 5.41) is 5.81. The van der Waals surface area contributed by atoms with Crippen LogP contribution in [0.4, 0.5) is 5.69 Å². The molecule has 2 N–H and O–H groups in total. The van der Waals surface area contributed by atoms with Crippen LogP contribution in [0.2, 0.25) is 0 Å². The summed E-state index contributed by atoms with van der Waals surface area (Å²) in [6.45, 7) is 4.22. The number of carbonyl (C=O) groups excluding carboxylic acids is 2. The van der Waals surface area contributed by atoms with Crippen molar-refractivity contribution in [3.8, 4) is 5.75 Å². The minimum absolute atomic E-state index is 0.000131. The van der Waals surface area contributed by atoms with E-state index in [1.807, 2.05) is 56.3 Å². The van der Waals surface area contributed by atoms with Gasteiger partial charge in [0.05, 0.1) is 18.9 Å². The highest BCUT2D eigenvalue weighted by atomic mass is 16.5. The fourth-order valence-electron chi connectivity index (χ4n) is 3.01. The van der Waals surface area contributed by atoms with E-state index >= 15 is 0 Å². The summed E-state index contributed by atoms with van der Waals surface area (Å²) in [6.07, 6.45) is 0.264. The van der Waals surface area contributed by atoms with Crippen molar-refractivity contribution in [1.29, 1.82) is 0 Å². The lowest BCUT2D eigenvalue weighted by Gasteiger charge is -2.16. The van der Waals surface area contributed by atoms with Crippen LogP contribution in [0.15, 0.2) is 42.5 Å². The van der Waals surface area contributed by atoms with Crippen LogP contribution in [-0.4, -0.2) is 18.9 Å². The fraction of sp³-hybridized carbons (Fsp3) is 0.300. The van der Waals surface area contributed by atoms with Gasteiger partial charge in [-0.3, -0.25) is 9.59 Å². The Morgan fingerprint density at radius 2 is 1.96 bits per heavy atom. The number of para-hydroxylation sites is 1. The normalized spacial score (nSPS) is 14.6. The van der Waals surface area contributed by atoms with E-state index in [0.29, 0.717) is 12.3 Å². The van der Waals surface area contributed by atoms with Gasteiger partial charge in [-0.25, -0.2) is 0 Å². The van der Waals surface area contributed by atoms with E-state index in [1.54, 1.807) is 7.11 Å². The number of hydrogen-bond acceptors (Lipinski definition) is 3. The Morgan fingerprint density at radius 1 is 1.20 bits per heavy atom. The highest BCUT2D eigenvalue weighted by Crippen LogP contribution is 2.37. The minimum Gasteiger partial charge on any atom is -0.496 e. The minimum atomic E-state index is -0.549. The molecular weight excluding hydrogens is 316 g/mol. The van der Waals surface area contributed by atoms with Crippen LogP contribution in [0.25, 0.3) is 0 Å². The lowest BCUT2D eigenvalue weighted by molar-refractivity contribution is -0.121. The van der Waals surface area contributed by atoms with Crippen molar-refractivity contribution in [2.24, 2.45) is 0 Å². The molecule has 0 saturated carbocycles. The highest BCUT2D eigenvalue weighted by molar-refractivity contribution is 6.05. The topological polar surface area (TPSA) is 67.4 Å². The number of hydrogen-bond donors (Lipinski definition) is 2. The number of benzene rings is 2. The second-order valence-electron chi connectivity index (χ2n) is 6.72. The third-order valence-corrected chi connectivity index (χ3v) is 4.61. The molecule has 1 aliphatic heterocycles. The molecule has 2 aromatic carbocycles. The Kier molecular flexibility index (Phi) is 4.49. The molecule has 0 radical (unpaired) electrons. The summed E-state index contributed by atoms with van der Waals surface area (Å²) < 4.78 is 5.27. The Hall–Kier alpha value is -2.82. The maximum Gasteiger partial charge on any atom is 0.234 e. The van der Waals surface area contributed by atoms with Crippen molar-refractivity contribution in [1.82, 2.24) is 5.32 Å². The van der Waals surface area contributed by atoms with Crippen LogP contribution in [0, 0.1) is 0 Å². The van der Waals surface area contributed by atoms with Crippen LogP contribution in [-0.2, 0) is 28.0 Å². The molecule has 0 bridgehead atoms. The smallest absolute Gasteiger partial charge is 0.234 e. The second-order valence-corrected chi connectivity index (χ2v) is 6.72. The van der Waals surface area contributed by atoms with Crippen molar-refractivity contribution >= 4 is 17.5 Å². The van der Waals surface area contributed by atoms with Gasteiger partial charge >= 0.3 is 0 Å². The monoisotopic (exact) mass is 338 g/mol. The Bertz CT molecular complexity index is 827. The number of carbonyl (C=O) groups is 2. The molecule has 2 aromatic rings. The second kappa shape index (κ2) is 6.59. The molecule has 0 saturated heterocycles. The zero-order chi connectivity index (χ0) is 18.0. The molecular formula is C20H22N2O3. The zero-order valence-corrected chi connectivity index (χ0v) is 14.7. The summed E-state index contributed by atoms with van der Waals surface area (Å²) in [5.41, 5.74) is 3.09. The number of methoxy groups -OCH3 is 1. The maximum atomic E-state index is 12.2. The van der Waals surface area contributed by atoms with Crippen molar-refractivity contribution < 1.29 is 14.3 Å². The molecule has 130 valence electrons. The quantitative estimate of drug-likeness (QED) is 0.881. The van der Waals surface area contributed by atoms with Crippen molar-refractivity contribution in [2.75, 3.05) is 12.4 Å². The van der Waals surface area contributed by atoms with Crippen LogP contribution in [0.1, 0.15) is 30.5 Å². The number of ether oxygens (including phenoxy) is 1. The van der Waals surface area contributed by atoms with E-state index < -0.39 is 5.41 Å². The van der Waals surface area contributed by atoms with Gasteiger partial charge in [-0.05, 0) is 37.1 Å². The third-order valence-electron chi connectivity index (χ3n) is 4.61. The number of nitrogens with one attached hydrogen (secondary N) is 2.